The van der Waals surface area contributed by atoms with Crippen LogP contribution in [0, 0.1) is 0 Å². The lowest BCUT2D eigenvalue weighted by molar-refractivity contribution is -0.137. The zero-order valence-corrected chi connectivity index (χ0v) is 8.51. The van der Waals surface area contributed by atoms with Gasteiger partial charge in [0.2, 0.25) is 0 Å². The van der Waals surface area contributed by atoms with Crippen molar-refractivity contribution < 1.29 is 9.90 Å². The van der Waals surface area contributed by atoms with Crippen molar-refractivity contribution in [3.63, 3.8) is 0 Å². The summed E-state index contributed by atoms with van der Waals surface area (Å²) in [6.07, 6.45) is 2.02. The van der Waals surface area contributed by atoms with Gasteiger partial charge in [-0.15, -0.1) is 11.3 Å². The predicted molar refractivity (Wildman–Crippen MR) is 54.2 cm³/mol. The van der Waals surface area contributed by atoms with Crippen molar-refractivity contribution in [3.8, 4) is 0 Å². The van der Waals surface area contributed by atoms with Gasteiger partial charge in [0.05, 0.1) is 0 Å². The number of carboxylic acids is 1. The molecule has 1 aromatic heterocycles. The van der Waals surface area contributed by atoms with Crippen LogP contribution in [-0.2, 0) is 4.79 Å². The Hall–Kier alpha value is -0.830. The zero-order chi connectivity index (χ0) is 9.68. The molecule has 1 atom stereocenters. The normalized spacial score (nSPS) is 12.7. The van der Waals surface area contributed by atoms with Gasteiger partial charge in [0, 0.05) is 11.3 Å². The van der Waals surface area contributed by atoms with Crippen LogP contribution in [0.3, 0.4) is 0 Å². The van der Waals surface area contributed by atoms with Gasteiger partial charge in [-0.2, -0.15) is 0 Å². The summed E-state index contributed by atoms with van der Waals surface area (Å²) >= 11 is 1.74. The molecule has 0 amide bonds. The highest BCUT2D eigenvalue weighted by Gasteiger charge is 2.06. The van der Waals surface area contributed by atoms with E-state index in [0.29, 0.717) is 5.92 Å². The molecule has 1 rings (SSSR count). The third-order valence-corrected chi connectivity index (χ3v) is 3.16. The first-order valence-electron chi connectivity index (χ1n) is 4.45. The fraction of sp³-hybridized carbons (Fsp3) is 0.500. The van der Waals surface area contributed by atoms with Gasteiger partial charge in [-0.25, -0.2) is 0 Å². The maximum absolute atomic E-state index is 10.3. The van der Waals surface area contributed by atoms with Crippen LogP contribution >= 0.6 is 11.3 Å². The molecule has 2 nitrogen and oxygen atoms in total. The maximum Gasteiger partial charge on any atom is 0.303 e. The first-order valence-corrected chi connectivity index (χ1v) is 5.33. The highest BCUT2D eigenvalue weighted by Crippen LogP contribution is 2.25. The van der Waals surface area contributed by atoms with Crippen LogP contribution in [-0.4, -0.2) is 11.1 Å². The molecule has 0 aromatic carbocycles. The molecule has 13 heavy (non-hydrogen) atoms. The maximum atomic E-state index is 10.3. The average Bonchev–Trinajstić information content (AvgIpc) is 2.55. The molecule has 1 aromatic rings. The van der Waals surface area contributed by atoms with Crippen molar-refractivity contribution in [1.82, 2.24) is 0 Å². The van der Waals surface area contributed by atoms with Crippen LogP contribution in [0.15, 0.2) is 17.5 Å². The number of hydrogen-bond acceptors (Lipinski definition) is 2. The minimum absolute atomic E-state index is 0.287. The largest absolute Gasteiger partial charge is 0.481 e. The molecule has 0 saturated carbocycles. The monoisotopic (exact) mass is 198 g/mol. The molecule has 0 aliphatic carbocycles. The van der Waals surface area contributed by atoms with Crippen LogP contribution in [0.2, 0.25) is 0 Å². The minimum Gasteiger partial charge on any atom is -0.481 e. The lowest BCUT2D eigenvalue weighted by Gasteiger charge is -2.06. The fourth-order valence-corrected chi connectivity index (χ4v) is 2.09. The topological polar surface area (TPSA) is 37.3 Å². The lowest BCUT2D eigenvalue weighted by Crippen LogP contribution is -1.96. The Balaban J connectivity index is 2.26. The summed E-state index contributed by atoms with van der Waals surface area (Å²) in [5.41, 5.74) is 0. The van der Waals surface area contributed by atoms with Gasteiger partial charge in [-0.05, 0) is 30.2 Å². The van der Waals surface area contributed by atoms with E-state index in [1.165, 1.54) is 4.88 Å². The van der Waals surface area contributed by atoms with Gasteiger partial charge in [0.25, 0.3) is 0 Å². The molecular weight excluding hydrogens is 184 g/mol. The smallest absolute Gasteiger partial charge is 0.303 e. The van der Waals surface area contributed by atoms with Crippen molar-refractivity contribution in [2.75, 3.05) is 0 Å². The van der Waals surface area contributed by atoms with Gasteiger partial charge in [0.1, 0.15) is 0 Å². The molecule has 0 fully saturated rings. The van der Waals surface area contributed by atoms with Gasteiger partial charge in [-0.1, -0.05) is 13.0 Å². The summed E-state index contributed by atoms with van der Waals surface area (Å²) in [6.45, 7) is 2.15. The highest BCUT2D eigenvalue weighted by atomic mass is 32.1. The SMILES string of the molecule is CC(CCCC(=O)O)c1cccs1. The van der Waals surface area contributed by atoms with E-state index in [1.54, 1.807) is 11.3 Å². The molecule has 3 heteroatoms. The molecule has 0 saturated heterocycles. The van der Waals surface area contributed by atoms with Crippen molar-refractivity contribution in [3.05, 3.63) is 22.4 Å². The summed E-state index contributed by atoms with van der Waals surface area (Å²) in [6, 6.07) is 4.14. The molecule has 1 heterocycles. The molecule has 0 spiro atoms. The number of carboxylic acid groups (broad SMARTS) is 1. The standard InChI is InChI=1S/C10H14O2S/c1-8(4-2-6-10(11)12)9-5-3-7-13-9/h3,5,7-8H,2,4,6H2,1H3,(H,11,12). The van der Waals surface area contributed by atoms with Crippen molar-refractivity contribution in [2.45, 2.75) is 32.1 Å². The highest BCUT2D eigenvalue weighted by molar-refractivity contribution is 7.10. The third kappa shape index (κ3) is 3.59. The van der Waals surface area contributed by atoms with Crippen LogP contribution in [0.1, 0.15) is 37.0 Å². The molecule has 1 unspecified atom stereocenters. The molecule has 0 bridgehead atoms. The molecule has 1 N–H and O–H groups in total. The molecule has 72 valence electrons. The minimum atomic E-state index is -0.696. The summed E-state index contributed by atoms with van der Waals surface area (Å²) in [7, 11) is 0. The first-order chi connectivity index (χ1) is 6.20. The van der Waals surface area contributed by atoms with E-state index in [9.17, 15) is 4.79 Å². The molecular formula is C10H14O2S. The second-order valence-electron chi connectivity index (χ2n) is 3.20. The summed E-state index contributed by atoms with van der Waals surface area (Å²) < 4.78 is 0. The first kappa shape index (κ1) is 10.3. The van der Waals surface area contributed by atoms with Crippen LogP contribution in [0.5, 0.6) is 0 Å². The van der Waals surface area contributed by atoms with Gasteiger partial charge in [0.15, 0.2) is 0 Å². The van der Waals surface area contributed by atoms with E-state index in [1.807, 2.05) is 6.07 Å². The number of hydrogen-bond donors (Lipinski definition) is 1. The quantitative estimate of drug-likeness (QED) is 0.789. The van der Waals surface area contributed by atoms with E-state index in [4.69, 9.17) is 5.11 Å². The van der Waals surface area contributed by atoms with Crippen molar-refractivity contribution in [1.29, 1.82) is 0 Å². The number of rotatable bonds is 5. The van der Waals surface area contributed by atoms with Crippen LogP contribution < -0.4 is 0 Å². The third-order valence-electron chi connectivity index (χ3n) is 2.06. The van der Waals surface area contributed by atoms with E-state index in [-0.39, 0.29) is 6.42 Å². The van der Waals surface area contributed by atoms with E-state index < -0.39 is 5.97 Å². The van der Waals surface area contributed by atoms with E-state index in [2.05, 4.69) is 18.4 Å². The average molecular weight is 198 g/mol. The van der Waals surface area contributed by atoms with E-state index >= 15 is 0 Å². The Labute approximate surface area is 82.2 Å². The Morgan fingerprint density at radius 1 is 1.69 bits per heavy atom. The molecule has 0 aliphatic heterocycles. The Morgan fingerprint density at radius 3 is 3.00 bits per heavy atom. The Bertz CT molecular complexity index is 254. The number of carbonyl (C=O) groups is 1. The second kappa shape index (κ2) is 5.02. The fourth-order valence-electron chi connectivity index (χ4n) is 1.27. The molecule has 0 radical (unpaired) electrons. The van der Waals surface area contributed by atoms with Gasteiger partial charge >= 0.3 is 5.97 Å². The van der Waals surface area contributed by atoms with E-state index in [0.717, 1.165) is 12.8 Å². The number of aliphatic carboxylic acids is 1. The summed E-state index contributed by atoms with van der Waals surface area (Å²) in [5, 5.41) is 10.5. The van der Waals surface area contributed by atoms with Crippen molar-refractivity contribution in [2.24, 2.45) is 0 Å². The lowest BCUT2D eigenvalue weighted by atomic mass is 10.0. The summed E-state index contributed by atoms with van der Waals surface area (Å²) in [4.78, 5) is 11.6. The summed E-state index contributed by atoms with van der Waals surface area (Å²) in [5.74, 6) is -0.197. The van der Waals surface area contributed by atoms with Gasteiger partial charge in [-0.3, -0.25) is 4.79 Å². The van der Waals surface area contributed by atoms with Gasteiger partial charge < -0.3 is 5.11 Å². The zero-order valence-electron chi connectivity index (χ0n) is 7.69. The Kier molecular flexibility index (Phi) is 3.96. The van der Waals surface area contributed by atoms with Crippen molar-refractivity contribution >= 4 is 17.3 Å². The molecule has 0 aliphatic rings. The number of thiophene rings is 1. The van der Waals surface area contributed by atoms with Crippen LogP contribution in [0.25, 0.3) is 0 Å². The second-order valence-corrected chi connectivity index (χ2v) is 4.18. The predicted octanol–water partition coefficient (Wildman–Crippen LogP) is 3.11. The Morgan fingerprint density at radius 2 is 2.46 bits per heavy atom. The van der Waals surface area contributed by atoms with Crippen LogP contribution in [0.4, 0.5) is 0 Å².